The molecule has 2 aromatic heterocycles. The number of hydrogen-bond donors (Lipinski definition) is 0. The molecule has 0 saturated heterocycles. The maximum atomic E-state index is 10.3. The van der Waals surface area contributed by atoms with E-state index in [4.69, 9.17) is 8.83 Å². The molecule has 0 unspecified atom stereocenters. The second-order valence-corrected chi connectivity index (χ2v) is 19.4. The van der Waals surface area contributed by atoms with Gasteiger partial charge in [-0.2, -0.15) is 21.0 Å². The number of nitriles is 4. The quantitative estimate of drug-likeness (QED) is 0.151. The summed E-state index contributed by atoms with van der Waals surface area (Å²) in [5.74, 6) is 0. The van der Waals surface area contributed by atoms with Gasteiger partial charge in [0.15, 0.2) is 0 Å². The van der Waals surface area contributed by atoms with Crippen molar-refractivity contribution in [2.24, 2.45) is 0 Å². The summed E-state index contributed by atoms with van der Waals surface area (Å²) in [7, 11) is 0. The highest BCUT2D eigenvalue weighted by Crippen LogP contribution is 2.49. The summed E-state index contributed by atoms with van der Waals surface area (Å²) in [6.07, 6.45) is 0. The lowest BCUT2D eigenvalue weighted by molar-refractivity contribution is 0.669. The summed E-state index contributed by atoms with van der Waals surface area (Å²) in [6, 6.07) is 72.1. The van der Waals surface area contributed by atoms with E-state index in [2.05, 4.69) is 164 Å². The molecular weight excluding hydrogens is 905 g/mol. The van der Waals surface area contributed by atoms with Gasteiger partial charge in [-0.15, -0.1) is 0 Å². The van der Waals surface area contributed by atoms with Crippen molar-refractivity contribution in [2.75, 3.05) is 0 Å². The Balaban J connectivity index is 0.964. The van der Waals surface area contributed by atoms with Crippen LogP contribution >= 0.6 is 0 Å². The normalized spacial score (nSPS) is 12.0. The molecule has 0 radical (unpaired) electrons. The molecule has 334 valence electrons. The first-order valence-corrected chi connectivity index (χ1v) is 24.4. The molecular formula is C68H30N4O2. The van der Waals surface area contributed by atoms with Crippen molar-refractivity contribution in [2.45, 2.75) is 0 Å². The zero-order chi connectivity index (χ0) is 49.1. The first-order chi connectivity index (χ1) is 36.5. The molecule has 0 aliphatic heterocycles. The van der Waals surface area contributed by atoms with Gasteiger partial charge in [0.1, 0.15) is 46.6 Å². The molecule has 6 nitrogen and oxygen atoms in total. The molecule has 0 saturated carbocycles. The number of hydrogen-bond acceptors (Lipinski definition) is 6. The van der Waals surface area contributed by atoms with E-state index in [1.807, 2.05) is 42.5 Å². The topological polar surface area (TPSA) is 121 Å². The van der Waals surface area contributed by atoms with Gasteiger partial charge < -0.3 is 8.83 Å². The van der Waals surface area contributed by atoms with Crippen molar-refractivity contribution in [1.82, 2.24) is 0 Å². The number of furan rings is 2. The minimum absolute atomic E-state index is 0.337. The van der Waals surface area contributed by atoms with Crippen LogP contribution in [0.5, 0.6) is 0 Å². The van der Waals surface area contributed by atoms with Crippen molar-refractivity contribution >= 4 is 152 Å². The predicted octanol–water partition coefficient (Wildman–Crippen LogP) is 18.2. The van der Waals surface area contributed by atoms with Crippen LogP contribution in [0.15, 0.2) is 191 Å². The van der Waals surface area contributed by atoms with E-state index < -0.39 is 0 Å². The van der Waals surface area contributed by atoms with Gasteiger partial charge in [0, 0.05) is 21.5 Å². The van der Waals surface area contributed by atoms with Gasteiger partial charge >= 0.3 is 0 Å². The summed E-state index contributed by atoms with van der Waals surface area (Å²) in [4.78, 5) is 0. The van der Waals surface area contributed by atoms with Gasteiger partial charge in [-0.3, -0.25) is 0 Å². The predicted molar refractivity (Wildman–Crippen MR) is 300 cm³/mol. The molecule has 14 aromatic carbocycles. The lowest BCUT2D eigenvalue weighted by Gasteiger charge is -2.17. The van der Waals surface area contributed by atoms with Crippen molar-refractivity contribution in [3.8, 4) is 35.4 Å². The minimum Gasteiger partial charge on any atom is -0.456 e. The standard InChI is InChI=1S/C68H30N4O2/c69-31-37-22-51-53-27-55-44-12-7-8-16-61(44)73-64(55)30-60(53)68-49-20-18-35(21-50(49)43-11-3-6-15-48(43)66(68)57(51)24-39(37)33-71)36-17-19-45-56-28-59-54(29-63(56)74-62(45)26-36)52-23-38(32-70)40(34-72)25-58(52)65-46-13-4-1-9-41(46)42-10-2-5-14-47(42)67(59)65/h1-30H. The van der Waals surface area contributed by atoms with Crippen LogP contribution in [0, 0.1) is 45.3 Å². The Kier molecular flexibility index (Phi) is 7.80. The van der Waals surface area contributed by atoms with Crippen molar-refractivity contribution in [1.29, 1.82) is 21.0 Å². The van der Waals surface area contributed by atoms with E-state index in [9.17, 15) is 21.0 Å². The molecule has 74 heavy (non-hydrogen) atoms. The van der Waals surface area contributed by atoms with Crippen LogP contribution in [0.1, 0.15) is 22.3 Å². The molecule has 2 heterocycles. The molecule has 0 spiro atoms. The van der Waals surface area contributed by atoms with Gasteiger partial charge in [0.2, 0.25) is 0 Å². The molecule has 16 aromatic rings. The van der Waals surface area contributed by atoms with Gasteiger partial charge in [0.05, 0.1) is 22.3 Å². The van der Waals surface area contributed by atoms with Crippen LogP contribution in [-0.4, -0.2) is 0 Å². The fourth-order valence-electron chi connectivity index (χ4n) is 12.7. The Hall–Kier alpha value is -10.8. The second-order valence-electron chi connectivity index (χ2n) is 19.4. The Morgan fingerprint density at radius 3 is 1.07 bits per heavy atom. The van der Waals surface area contributed by atoms with E-state index in [0.717, 1.165) is 163 Å². The van der Waals surface area contributed by atoms with Crippen LogP contribution in [0.3, 0.4) is 0 Å². The monoisotopic (exact) mass is 934 g/mol. The molecule has 0 fully saturated rings. The second kappa shape index (κ2) is 14.4. The summed E-state index contributed by atoms with van der Waals surface area (Å²) in [5, 5.41) is 65.7. The smallest absolute Gasteiger partial charge is 0.136 e. The summed E-state index contributed by atoms with van der Waals surface area (Å²) < 4.78 is 13.4. The third-order valence-electron chi connectivity index (χ3n) is 15.9. The summed E-state index contributed by atoms with van der Waals surface area (Å²) in [6.45, 7) is 0. The highest BCUT2D eigenvalue weighted by atomic mass is 16.3. The number of benzene rings is 14. The van der Waals surface area contributed by atoms with Crippen LogP contribution in [0.25, 0.3) is 163 Å². The summed E-state index contributed by atoms with van der Waals surface area (Å²) in [5.41, 5.74) is 6.46. The van der Waals surface area contributed by atoms with Crippen molar-refractivity contribution in [3.05, 3.63) is 204 Å². The van der Waals surface area contributed by atoms with Crippen molar-refractivity contribution < 1.29 is 8.83 Å². The maximum Gasteiger partial charge on any atom is 0.136 e. The Bertz CT molecular complexity index is 5550. The van der Waals surface area contributed by atoms with E-state index in [1.165, 1.54) is 0 Å². The van der Waals surface area contributed by atoms with Crippen LogP contribution < -0.4 is 0 Å². The molecule has 6 heteroatoms. The highest BCUT2D eigenvalue weighted by molar-refractivity contribution is 6.42. The van der Waals surface area contributed by atoms with E-state index in [0.29, 0.717) is 22.3 Å². The van der Waals surface area contributed by atoms with E-state index in [1.54, 1.807) is 0 Å². The summed E-state index contributed by atoms with van der Waals surface area (Å²) >= 11 is 0. The van der Waals surface area contributed by atoms with E-state index >= 15 is 0 Å². The average Bonchev–Trinajstić information content (AvgIpc) is 4.01. The Morgan fingerprint density at radius 1 is 0.216 bits per heavy atom. The third-order valence-corrected chi connectivity index (χ3v) is 15.9. The van der Waals surface area contributed by atoms with Gasteiger partial charge in [0.25, 0.3) is 0 Å². The number of fused-ring (bicyclic) bond motifs is 28. The zero-order valence-electron chi connectivity index (χ0n) is 38.9. The zero-order valence-corrected chi connectivity index (χ0v) is 38.9. The average molecular weight is 935 g/mol. The first-order valence-electron chi connectivity index (χ1n) is 24.4. The number of para-hydroxylation sites is 1. The largest absolute Gasteiger partial charge is 0.456 e. The SMILES string of the molecule is N#Cc1cc2c3cc4c(cc3c3c5ccc(-c6ccc7c(c6)oc6cc8c9cc(C#N)c(C#N)cc9c9c%10ccccc%10c%10ccccc%10c9c8cc67)cc5c5ccccc5c3c2cc1C#N)oc1ccccc14. The molecule has 16 rings (SSSR count). The number of rotatable bonds is 1. The maximum absolute atomic E-state index is 10.3. The lowest BCUT2D eigenvalue weighted by atomic mass is 9.85. The molecule has 0 N–H and O–H groups in total. The fourth-order valence-corrected chi connectivity index (χ4v) is 12.7. The molecule has 0 aliphatic rings. The first kappa shape index (κ1) is 40.0. The van der Waals surface area contributed by atoms with Crippen molar-refractivity contribution in [3.63, 3.8) is 0 Å². The molecule has 0 bridgehead atoms. The molecule has 0 atom stereocenters. The minimum atomic E-state index is 0.337. The van der Waals surface area contributed by atoms with Gasteiger partial charge in [-0.1, -0.05) is 109 Å². The van der Waals surface area contributed by atoms with Crippen LogP contribution in [-0.2, 0) is 0 Å². The third kappa shape index (κ3) is 5.17. The van der Waals surface area contributed by atoms with Crippen LogP contribution in [0.2, 0.25) is 0 Å². The Morgan fingerprint density at radius 2 is 0.527 bits per heavy atom. The molecule has 0 amide bonds. The van der Waals surface area contributed by atoms with Gasteiger partial charge in [-0.05, 0) is 192 Å². The van der Waals surface area contributed by atoms with E-state index in [-0.39, 0.29) is 0 Å². The van der Waals surface area contributed by atoms with Gasteiger partial charge in [-0.25, -0.2) is 0 Å². The molecule has 0 aliphatic carbocycles. The van der Waals surface area contributed by atoms with Crippen LogP contribution in [0.4, 0.5) is 0 Å². The highest BCUT2D eigenvalue weighted by Gasteiger charge is 2.23. The lowest BCUT2D eigenvalue weighted by Crippen LogP contribution is -1.92. The number of nitrogens with zero attached hydrogens (tertiary/aromatic N) is 4. The fraction of sp³-hybridized carbons (Fsp3) is 0. The Labute approximate surface area is 419 Å².